The molecule has 0 aliphatic heterocycles. The lowest BCUT2D eigenvalue weighted by Crippen LogP contribution is -2.44. The molecule has 2 atom stereocenters. The van der Waals surface area contributed by atoms with Crippen LogP contribution in [0.25, 0.3) is 0 Å². The summed E-state index contributed by atoms with van der Waals surface area (Å²) in [6.45, 7) is 6.39. The Hall–Kier alpha value is -0.610. The normalized spacial score (nSPS) is 14.9. The van der Waals surface area contributed by atoms with Gasteiger partial charge in [-0.15, -0.1) is 0 Å². The van der Waals surface area contributed by atoms with Crippen LogP contribution in [0.5, 0.6) is 0 Å². The van der Waals surface area contributed by atoms with Crippen molar-refractivity contribution >= 4 is 5.91 Å². The van der Waals surface area contributed by atoms with E-state index in [9.17, 15) is 9.90 Å². The Morgan fingerprint density at radius 3 is 2.31 bits per heavy atom. The molecule has 4 nitrogen and oxygen atoms in total. The van der Waals surface area contributed by atoms with Gasteiger partial charge in [-0.25, -0.2) is 0 Å². The van der Waals surface area contributed by atoms with Crippen LogP contribution in [0.1, 0.15) is 46.5 Å². The predicted octanol–water partition coefficient (Wildman–Crippen LogP) is 1.03. The summed E-state index contributed by atoms with van der Waals surface area (Å²) in [4.78, 5) is 11.5. The fourth-order valence-electron chi connectivity index (χ4n) is 1.78. The van der Waals surface area contributed by atoms with Crippen molar-refractivity contribution in [2.75, 3.05) is 6.54 Å². The largest absolute Gasteiger partial charge is 0.391 e. The van der Waals surface area contributed by atoms with E-state index in [1.54, 1.807) is 0 Å². The first kappa shape index (κ1) is 15.4. The third-order valence-corrected chi connectivity index (χ3v) is 3.01. The number of aliphatic hydroxyl groups excluding tert-OH is 1. The summed E-state index contributed by atoms with van der Waals surface area (Å²) in [6, 6.07) is -0.445. The van der Waals surface area contributed by atoms with Crippen LogP contribution in [0, 0.1) is 5.92 Å². The van der Waals surface area contributed by atoms with E-state index in [1.807, 2.05) is 20.8 Å². The Labute approximate surface area is 98.6 Å². The highest BCUT2D eigenvalue weighted by atomic mass is 16.3. The molecule has 4 N–H and O–H groups in total. The van der Waals surface area contributed by atoms with Crippen molar-refractivity contribution < 1.29 is 9.90 Å². The van der Waals surface area contributed by atoms with Gasteiger partial charge in [0.05, 0.1) is 12.1 Å². The highest BCUT2D eigenvalue weighted by Crippen LogP contribution is 2.12. The van der Waals surface area contributed by atoms with Crippen LogP contribution in [-0.2, 0) is 4.79 Å². The molecule has 1 amide bonds. The van der Waals surface area contributed by atoms with Crippen molar-refractivity contribution in [3.63, 3.8) is 0 Å². The predicted molar refractivity (Wildman–Crippen MR) is 66.0 cm³/mol. The Bertz CT molecular complexity index is 193. The number of amides is 1. The van der Waals surface area contributed by atoms with Crippen molar-refractivity contribution in [2.45, 2.75) is 58.6 Å². The molecule has 96 valence electrons. The van der Waals surface area contributed by atoms with E-state index in [1.165, 1.54) is 0 Å². The fourth-order valence-corrected chi connectivity index (χ4v) is 1.78. The summed E-state index contributed by atoms with van der Waals surface area (Å²) in [6.07, 6.45) is 2.97. The van der Waals surface area contributed by atoms with E-state index in [0.29, 0.717) is 13.0 Å². The van der Waals surface area contributed by atoms with Gasteiger partial charge in [0.25, 0.3) is 0 Å². The van der Waals surface area contributed by atoms with Gasteiger partial charge < -0.3 is 16.2 Å². The quantitative estimate of drug-likeness (QED) is 0.583. The second-order valence-corrected chi connectivity index (χ2v) is 4.28. The number of carbonyl (C=O) groups excluding carboxylic acids is 1. The van der Waals surface area contributed by atoms with Crippen LogP contribution in [0.4, 0.5) is 0 Å². The smallest absolute Gasteiger partial charge is 0.237 e. The third kappa shape index (κ3) is 5.47. The topological polar surface area (TPSA) is 75.4 Å². The molecule has 0 bridgehead atoms. The molecule has 0 saturated heterocycles. The van der Waals surface area contributed by atoms with Gasteiger partial charge in [-0.1, -0.05) is 40.0 Å². The van der Waals surface area contributed by atoms with E-state index in [-0.39, 0.29) is 11.8 Å². The van der Waals surface area contributed by atoms with E-state index in [4.69, 9.17) is 5.73 Å². The monoisotopic (exact) mass is 230 g/mol. The number of nitrogens with two attached hydrogens (primary N) is 1. The molecule has 0 heterocycles. The van der Waals surface area contributed by atoms with Crippen LogP contribution < -0.4 is 11.1 Å². The van der Waals surface area contributed by atoms with Crippen molar-refractivity contribution in [1.82, 2.24) is 5.32 Å². The average molecular weight is 230 g/mol. The third-order valence-electron chi connectivity index (χ3n) is 3.01. The number of carbonyl (C=O) groups is 1. The van der Waals surface area contributed by atoms with Gasteiger partial charge in [-0.2, -0.15) is 0 Å². The van der Waals surface area contributed by atoms with Crippen molar-refractivity contribution in [2.24, 2.45) is 11.7 Å². The van der Waals surface area contributed by atoms with Crippen LogP contribution in [0.2, 0.25) is 0 Å². The van der Waals surface area contributed by atoms with Gasteiger partial charge in [0, 0.05) is 6.54 Å². The molecule has 4 heteroatoms. The first-order valence-electron chi connectivity index (χ1n) is 6.28. The van der Waals surface area contributed by atoms with Gasteiger partial charge in [0.15, 0.2) is 0 Å². The fraction of sp³-hybridized carbons (Fsp3) is 0.917. The summed E-state index contributed by atoms with van der Waals surface area (Å²) < 4.78 is 0. The standard InChI is InChI=1S/C12H26N2O2/c1-4-7-10(13)12(16)14-8-11(15)9(5-2)6-3/h9-11,15H,4-8,13H2,1-3H3,(H,14,16)/t10-,11?/m0/s1. The van der Waals surface area contributed by atoms with Crippen LogP contribution in [-0.4, -0.2) is 29.7 Å². The first-order valence-corrected chi connectivity index (χ1v) is 6.28. The molecule has 1 unspecified atom stereocenters. The summed E-state index contributed by atoms with van der Waals surface area (Å²) in [5.74, 6) is 0.0922. The average Bonchev–Trinajstić information content (AvgIpc) is 2.27. The molecule has 0 aromatic carbocycles. The molecule has 0 saturated carbocycles. The van der Waals surface area contributed by atoms with Crippen molar-refractivity contribution in [3.8, 4) is 0 Å². The highest BCUT2D eigenvalue weighted by molar-refractivity contribution is 5.81. The van der Waals surface area contributed by atoms with E-state index in [2.05, 4.69) is 5.32 Å². The number of nitrogens with one attached hydrogen (secondary N) is 1. The number of hydrogen-bond donors (Lipinski definition) is 3. The Kier molecular flexibility index (Phi) is 8.21. The maximum Gasteiger partial charge on any atom is 0.237 e. The van der Waals surface area contributed by atoms with Gasteiger partial charge in [-0.05, 0) is 12.3 Å². The summed E-state index contributed by atoms with van der Waals surface area (Å²) in [5.41, 5.74) is 5.66. The number of hydrogen-bond acceptors (Lipinski definition) is 3. The molecule has 0 spiro atoms. The van der Waals surface area contributed by atoms with E-state index in [0.717, 1.165) is 19.3 Å². The lowest BCUT2D eigenvalue weighted by Gasteiger charge is -2.21. The molecular weight excluding hydrogens is 204 g/mol. The van der Waals surface area contributed by atoms with Crippen molar-refractivity contribution in [3.05, 3.63) is 0 Å². The van der Waals surface area contributed by atoms with Gasteiger partial charge in [0.1, 0.15) is 0 Å². The van der Waals surface area contributed by atoms with Gasteiger partial charge in [-0.3, -0.25) is 4.79 Å². The van der Waals surface area contributed by atoms with Crippen LogP contribution in [0.15, 0.2) is 0 Å². The maximum absolute atomic E-state index is 11.5. The maximum atomic E-state index is 11.5. The molecule has 0 aromatic rings. The second-order valence-electron chi connectivity index (χ2n) is 4.28. The van der Waals surface area contributed by atoms with E-state index < -0.39 is 12.1 Å². The molecule has 0 aliphatic rings. The minimum Gasteiger partial charge on any atom is -0.391 e. The Morgan fingerprint density at radius 2 is 1.88 bits per heavy atom. The van der Waals surface area contributed by atoms with Crippen LogP contribution in [0.3, 0.4) is 0 Å². The summed E-state index contributed by atoms with van der Waals surface area (Å²) in [5, 5.41) is 12.5. The molecule has 0 rings (SSSR count). The SMILES string of the molecule is CCC[C@H](N)C(=O)NCC(O)C(CC)CC. The minimum atomic E-state index is -0.465. The first-order chi connectivity index (χ1) is 7.56. The summed E-state index contributed by atoms with van der Waals surface area (Å²) in [7, 11) is 0. The van der Waals surface area contributed by atoms with E-state index >= 15 is 0 Å². The van der Waals surface area contributed by atoms with Crippen molar-refractivity contribution in [1.29, 1.82) is 0 Å². The Morgan fingerprint density at radius 1 is 1.31 bits per heavy atom. The van der Waals surface area contributed by atoms with Gasteiger partial charge >= 0.3 is 0 Å². The van der Waals surface area contributed by atoms with Gasteiger partial charge in [0.2, 0.25) is 5.91 Å². The number of rotatable bonds is 8. The molecule has 0 radical (unpaired) electrons. The lowest BCUT2D eigenvalue weighted by molar-refractivity contribution is -0.123. The van der Waals surface area contributed by atoms with Crippen LogP contribution >= 0.6 is 0 Å². The zero-order valence-corrected chi connectivity index (χ0v) is 10.7. The molecule has 16 heavy (non-hydrogen) atoms. The lowest BCUT2D eigenvalue weighted by atomic mass is 9.96. The highest BCUT2D eigenvalue weighted by Gasteiger charge is 2.18. The minimum absolute atomic E-state index is 0.160. The second kappa shape index (κ2) is 8.53. The molecule has 0 aromatic heterocycles. The zero-order valence-electron chi connectivity index (χ0n) is 10.7. The molecule has 0 fully saturated rings. The summed E-state index contributed by atoms with van der Waals surface area (Å²) >= 11 is 0. The number of aliphatic hydroxyl groups is 1. The molecular formula is C12H26N2O2. The Balaban J connectivity index is 3.90. The zero-order chi connectivity index (χ0) is 12.6. The molecule has 0 aliphatic carbocycles.